The number of nitrogen functional groups attached to an aromatic ring is 1. The van der Waals surface area contributed by atoms with E-state index in [0.29, 0.717) is 25.3 Å². The van der Waals surface area contributed by atoms with Gasteiger partial charge in [0.2, 0.25) is 5.91 Å². The molecular formula is C12H16FN3O. The third-order valence-electron chi connectivity index (χ3n) is 2.84. The SMILES string of the molecule is Nc1cc(F)ccc1CN1CCCNC(=O)C1. The summed E-state index contributed by atoms with van der Waals surface area (Å²) < 4.78 is 12.9. The number of benzene rings is 1. The van der Waals surface area contributed by atoms with E-state index >= 15 is 0 Å². The molecule has 4 nitrogen and oxygen atoms in total. The number of hydrogen-bond acceptors (Lipinski definition) is 3. The zero-order chi connectivity index (χ0) is 12.3. The quantitative estimate of drug-likeness (QED) is 0.745. The summed E-state index contributed by atoms with van der Waals surface area (Å²) in [6.07, 6.45) is 0.923. The summed E-state index contributed by atoms with van der Waals surface area (Å²) in [5.74, 6) is -0.303. The average molecular weight is 237 g/mol. The van der Waals surface area contributed by atoms with Gasteiger partial charge in [-0.15, -0.1) is 0 Å². The molecule has 0 bridgehead atoms. The van der Waals surface area contributed by atoms with E-state index in [1.54, 1.807) is 6.07 Å². The van der Waals surface area contributed by atoms with E-state index in [1.807, 2.05) is 4.90 Å². The zero-order valence-corrected chi connectivity index (χ0v) is 9.58. The van der Waals surface area contributed by atoms with E-state index in [0.717, 1.165) is 18.5 Å². The number of carbonyl (C=O) groups is 1. The minimum absolute atomic E-state index is 0.0307. The number of rotatable bonds is 2. The van der Waals surface area contributed by atoms with Crippen molar-refractivity contribution in [2.45, 2.75) is 13.0 Å². The van der Waals surface area contributed by atoms with Crippen LogP contribution in [0.1, 0.15) is 12.0 Å². The third-order valence-corrected chi connectivity index (χ3v) is 2.84. The molecule has 92 valence electrons. The molecule has 1 aromatic carbocycles. The largest absolute Gasteiger partial charge is 0.398 e. The average Bonchev–Trinajstić information content (AvgIpc) is 2.47. The normalized spacial score (nSPS) is 17.6. The van der Waals surface area contributed by atoms with Gasteiger partial charge in [-0.3, -0.25) is 9.69 Å². The van der Waals surface area contributed by atoms with Crippen molar-refractivity contribution in [1.29, 1.82) is 0 Å². The Balaban J connectivity index is 2.06. The van der Waals surface area contributed by atoms with Gasteiger partial charge in [-0.05, 0) is 24.1 Å². The fourth-order valence-corrected chi connectivity index (χ4v) is 1.95. The van der Waals surface area contributed by atoms with Crippen LogP contribution >= 0.6 is 0 Å². The second-order valence-corrected chi connectivity index (χ2v) is 4.26. The molecule has 1 fully saturated rings. The lowest BCUT2D eigenvalue weighted by molar-refractivity contribution is -0.121. The van der Waals surface area contributed by atoms with Gasteiger partial charge in [0.05, 0.1) is 6.54 Å². The summed E-state index contributed by atoms with van der Waals surface area (Å²) in [6, 6.07) is 4.38. The molecular weight excluding hydrogens is 221 g/mol. The first-order chi connectivity index (χ1) is 8.15. The van der Waals surface area contributed by atoms with Crippen LogP contribution in [0.2, 0.25) is 0 Å². The number of carbonyl (C=O) groups excluding carboxylic acids is 1. The second-order valence-electron chi connectivity index (χ2n) is 4.26. The highest BCUT2D eigenvalue weighted by atomic mass is 19.1. The van der Waals surface area contributed by atoms with Gasteiger partial charge in [-0.2, -0.15) is 0 Å². The van der Waals surface area contributed by atoms with E-state index in [1.165, 1.54) is 12.1 Å². The number of halogens is 1. The molecule has 0 aromatic heterocycles. The van der Waals surface area contributed by atoms with Crippen LogP contribution in [-0.2, 0) is 11.3 Å². The second kappa shape index (κ2) is 5.14. The van der Waals surface area contributed by atoms with Gasteiger partial charge in [-0.25, -0.2) is 4.39 Å². The Bertz CT molecular complexity index is 422. The van der Waals surface area contributed by atoms with Gasteiger partial charge in [0, 0.05) is 25.3 Å². The Hall–Kier alpha value is -1.62. The van der Waals surface area contributed by atoms with E-state index < -0.39 is 0 Å². The summed E-state index contributed by atoms with van der Waals surface area (Å²) in [4.78, 5) is 13.4. The maximum absolute atomic E-state index is 12.9. The predicted molar refractivity (Wildman–Crippen MR) is 63.7 cm³/mol. The number of nitrogens with one attached hydrogen (secondary N) is 1. The highest BCUT2D eigenvalue weighted by Gasteiger charge is 2.15. The summed E-state index contributed by atoms with van der Waals surface area (Å²) >= 11 is 0. The summed E-state index contributed by atoms with van der Waals surface area (Å²) in [5.41, 5.74) is 7.05. The smallest absolute Gasteiger partial charge is 0.234 e. The molecule has 1 amide bonds. The van der Waals surface area contributed by atoms with Crippen LogP contribution < -0.4 is 11.1 Å². The molecule has 1 saturated heterocycles. The van der Waals surface area contributed by atoms with Crippen LogP contribution in [0.5, 0.6) is 0 Å². The van der Waals surface area contributed by atoms with Crippen molar-refractivity contribution in [3.8, 4) is 0 Å². The molecule has 1 heterocycles. The van der Waals surface area contributed by atoms with Crippen molar-refractivity contribution in [1.82, 2.24) is 10.2 Å². The van der Waals surface area contributed by atoms with Crippen molar-refractivity contribution in [2.24, 2.45) is 0 Å². The van der Waals surface area contributed by atoms with Crippen molar-refractivity contribution in [2.75, 3.05) is 25.4 Å². The van der Waals surface area contributed by atoms with Crippen LogP contribution in [0.25, 0.3) is 0 Å². The summed E-state index contributed by atoms with van der Waals surface area (Å²) in [6.45, 7) is 2.51. The van der Waals surface area contributed by atoms with E-state index in [2.05, 4.69) is 5.32 Å². The lowest BCUT2D eigenvalue weighted by Crippen LogP contribution is -2.32. The third kappa shape index (κ3) is 3.17. The fourth-order valence-electron chi connectivity index (χ4n) is 1.95. The first-order valence-corrected chi connectivity index (χ1v) is 5.68. The van der Waals surface area contributed by atoms with Crippen molar-refractivity contribution in [3.05, 3.63) is 29.6 Å². The molecule has 1 aromatic rings. The van der Waals surface area contributed by atoms with Crippen LogP contribution in [0.3, 0.4) is 0 Å². The molecule has 2 rings (SSSR count). The molecule has 5 heteroatoms. The van der Waals surface area contributed by atoms with Crippen LogP contribution in [0, 0.1) is 5.82 Å². The molecule has 0 spiro atoms. The molecule has 0 saturated carbocycles. The molecule has 0 aliphatic carbocycles. The van der Waals surface area contributed by atoms with Crippen molar-refractivity contribution >= 4 is 11.6 Å². The Kier molecular flexibility index (Phi) is 3.58. The molecule has 3 N–H and O–H groups in total. The maximum Gasteiger partial charge on any atom is 0.234 e. The number of nitrogens with zero attached hydrogens (tertiary/aromatic N) is 1. The number of amides is 1. The number of hydrogen-bond donors (Lipinski definition) is 2. The highest BCUT2D eigenvalue weighted by Crippen LogP contribution is 2.16. The Labute approximate surface area is 99.6 Å². The molecule has 0 radical (unpaired) electrons. The minimum Gasteiger partial charge on any atom is -0.398 e. The van der Waals surface area contributed by atoms with Crippen molar-refractivity contribution < 1.29 is 9.18 Å². The molecule has 0 unspecified atom stereocenters. The van der Waals surface area contributed by atoms with Gasteiger partial charge in [0.15, 0.2) is 0 Å². The fraction of sp³-hybridized carbons (Fsp3) is 0.417. The first-order valence-electron chi connectivity index (χ1n) is 5.68. The highest BCUT2D eigenvalue weighted by molar-refractivity contribution is 5.78. The Morgan fingerprint density at radius 2 is 2.29 bits per heavy atom. The van der Waals surface area contributed by atoms with E-state index in [-0.39, 0.29) is 11.7 Å². The van der Waals surface area contributed by atoms with Gasteiger partial charge in [0.1, 0.15) is 5.82 Å². The summed E-state index contributed by atoms with van der Waals surface area (Å²) in [5, 5.41) is 2.81. The number of nitrogens with two attached hydrogens (primary N) is 1. The maximum atomic E-state index is 12.9. The predicted octanol–water partition coefficient (Wildman–Crippen LogP) is 0.730. The molecule has 1 aliphatic heterocycles. The van der Waals surface area contributed by atoms with E-state index in [4.69, 9.17) is 5.73 Å². The van der Waals surface area contributed by atoms with Crippen molar-refractivity contribution in [3.63, 3.8) is 0 Å². The topological polar surface area (TPSA) is 58.4 Å². The van der Waals surface area contributed by atoms with Crippen LogP contribution in [0.15, 0.2) is 18.2 Å². The lowest BCUT2D eigenvalue weighted by Gasteiger charge is -2.19. The lowest BCUT2D eigenvalue weighted by atomic mass is 10.1. The van der Waals surface area contributed by atoms with Crippen LogP contribution in [-0.4, -0.2) is 30.4 Å². The zero-order valence-electron chi connectivity index (χ0n) is 9.58. The van der Waals surface area contributed by atoms with Crippen LogP contribution in [0.4, 0.5) is 10.1 Å². The molecule has 17 heavy (non-hydrogen) atoms. The van der Waals surface area contributed by atoms with Gasteiger partial charge in [-0.1, -0.05) is 6.07 Å². The molecule has 0 atom stereocenters. The standard InChI is InChI=1S/C12H16FN3O/c13-10-3-2-9(11(14)6-10)7-16-5-1-4-15-12(17)8-16/h2-3,6H,1,4-5,7-8,14H2,(H,15,17). The number of anilines is 1. The van der Waals surface area contributed by atoms with Gasteiger partial charge in [0.25, 0.3) is 0 Å². The Morgan fingerprint density at radius 1 is 1.47 bits per heavy atom. The molecule has 1 aliphatic rings. The van der Waals surface area contributed by atoms with Gasteiger partial charge >= 0.3 is 0 Å². The summed E-state index contributed by atoms with van der Waals surface area (Å²) in [7, 11) is 0. The first kappa shape index (κ1) is 11.9. The monoisotopic (exact) mass is 237 g/mol. The van der Waals surface area contributed by atoms with Gasteiger partial charge < -0.3 is 11.1 Å². The minimum atomic E-state index is -0.333. The Morgan fingerprint density at radius 3 is 3.06 bits per heavy atom. The van der Waals surface area contributed by atoms with E-state index in [9.17, 15) is 9.18 Å².